The van der Waals surface area contributed by atoms with E-state index in [1.807, 2.05) is 18.2 Å². The van der Waals surface area contributed by atoms with Crippen molar-refractivity contribution in [1.29, 1.82) is 0 Å². The molecule has 20 heavy (non-hydrogen) atoms. The third-order valence-electron chi connectivity index (χ3n) is 3.85. The highest BCUT2D eigenvalue weighted by molar-refractivity contribution is 5.78. The fourth-order valence-electron chi connectivity index (χ4n) is 2.67. The van der Waals surface area contributed by atoms with Crippen LogP contribution in [0, 0.1) is 5.92 Å². The van der Waals surface area contributed by atoms with Crippen LogP contribution in [0.4, 0.5) is 0 Å². The Labute approximate surface area is 120 Å². The van der Waals surface area contributed by atoms with Crippen molar-refractivity contribution in [2.24, 2.45) is 5.92 Å². The van der Waals surface area contributed by atoms with Gasteiger partial charge in [-0.2, -0.15) is 0 Å². The lowest BCUT2D eigenvalue weighted by atomic mass is 9.88. The summed E-state index contributed by atoms with van der Waals surface area (Å²) in [5.41, 5.74) is 0.991. The molecule has 0 atom stereocenters. The van der Waals surface area contributed by atoms with E-state index < -0.39 is 0 Å². The number of hydrogen-bond donors (Lipinski definition) is 1. The molecule has 1 aromatic carbocycles. The lowest BCUT2D eigenvalue weighted by Gasteiger charge is -2.20. The summed E-state index contributed by atoms with van der Waals surface area (Å²) in [5, 5.41) is 3.02. The van der Waals surface area contributed by atoms with Crippen LogP contribution in [-0.2, 0) is 11.3 Å². The maximum absolute atomic E-state index is 12.1. The Bertz CT molecular complexity index is 431. The summed E-state index contributed by atoms with van der Waals surface area (Å²) in [6.07, 6.45) is 5.65. The van der Waals surface area contributed by atoms with Crippen molar-refractivity contribution >= 4 is 5.91 Å². The lowest BCUT2D eigenvalue weighted by Crippen LogP contribution is -2.31. The predicted octanol–water partition coefficient (Wildman–Crippen LogP) is 2.90. The molecule has 2 rings (SSSR count). The number of nitrogens with one attached hydrogen (secondary N) is 1. The fourth-order valence-corrected chi connectivity index (χ4v) is 2.67. The molecule has 1 saturated carbocycles. The van der Waals surface area contributed by atoms with E-state index in [0.717, 1.165) is 29.9 Å². The number of methoxy groups -OCH3 is 2. The van der Waals surface area contributed by atoms with Gasteiger partial charge in [0.05, 0.1) is 14.2 Å². The van der Waals surface area contributed by atoms with Gasteiger partial charge in [0.1, 0.15) is 11.5 Å². The van der Waals surface area contributed by atoms with Crippen molar-refractivity contribution in [3.05, 3.63) is 23.8 Å². The molecular weight excluding hydrogens is 254 g/mol. The smallest absolute Gasteiger partial charge is 0.223 e. The molecular formula is C16H23NO3. The van der Waals surface area contributed by atoms with Gasteiger partial charge in [-0.15, -0.1) is 0 Å². The summed E-state index contributed by atoms with van der Waals surface area (Å²) in [6, 6.07) is 5.67. The van der Waals surface area contributed by atoms with Crippen LogP contribution >= 0.6 is 0 Å². The zero-order valence-electron chi connectivity index (χ0n) is 12.3. The SMILES string of the molecule is COc1cc(CNC(=O)C2CCCCC2)cc(OC)c1. The van der Waals surface area contributed by atoms with Crippen LogP contribution in [0.1, 0.15) is 37.7 Å². The average molecular weight is 277 g/mol. The highest BCUT2D eigenvalue weighted by Gasteiger charge is 2.20. The summed E-state index contributed by atoms with van der Waals surface area (Å²) < 4.78 is 10.5. The number of hydrogen-bond acceptors (Lipinski definition) is 3. The zero-order valence-corrected chi connectivity index (χ0v) is 12.3. The van der Waals surface area contributed by atoms with E-state index in [-0.39, 0.29) is 11.8 Å². The minimum absolute atomic E-state index is 0.173. The third-order valence-corrected chi connectivity index (χ3v) is 3.85. The van der Waals surface area contributed by atoms with E-state index >= 15 is 0 Å². The van der Waals surface area contributed by atoms with Gasteiger partial charge in [0.25, 0.3) is 0 Å². The Morgan fingerprint density at radius 1 is 1.10 bits per heavy atom. The van der Waals surface area contributed by atoms with Crippen molar-refractivity contribution in [2.45, 2.75) is 38.6 Å². The summed E-state index contributed by atoms with van der Waals surface area (Å²) in [6.45, 7) is 0.517. The Morgan fingerprint density at radius 3 is 2.25 bits per heavy atom. The first kappa shape index (κ1) is 14.7. The quantitative estimate of drug-likeness (QED) is 0.900. The number of rotatable bonds is 5. The van der Waals surface area contributed by atoms with Crippen molar-refractivity contribution in [3.63, 3.8) is 0 Å². The minimum Gasteiger partial charge on any atom is -0.497 e. The average Bonchev–Trinajstić information content (AvgIpc) is 2.53. The van der Waals surface area contributed by atoms with Gasteiger partial charge in [0.15, 0.2) is 0 Å². The number of carbonyl (C=O) groups is 1. The summed E-state index contributed by atoms with van der Waals surface area (Å²) in [5.74, 6) is 1.85. The zero-order chi connectivity index (χ0) is 14.4. The molecule has 0 radical (unpaired) electrons. The van der Waals surface area contributed by atoms with Crippen LogP contribution in [0.2, 0.25) is 0 Å². The molecule has 0 heterocycles. The molecule has 0 unspecified atom stereocenters. The van der Waals surface area contributed by atoms with Crippen LogP contribution < -0.4 is 14.8 Å². The summed E-state index contributed by atoms with van der Waals surface area (Å²) in [7, 11) is 3.25. The highest BCUT2D eigenvalue weighted by atomic mass is 16.5. The van der Waals surface area contributed by atoms with Gasteiger partial charge in [-0.1, -0.05) is 19.3 Å². The second-order valence-electron chi connectivity index (χ2n) is 5.27. The van der Waals surface area contributed by atoms with E-state index in [1.54, 1.807) is 14.2 Å². The number of benzene rings is 1. The van der Waals surface area contributed by atoms with Crippen LogP contribution in [0.5, 0.6) is 11.5 Å². The normalized spacial score (nSPS) is 15.7. The standard InChI is InChI=1S/C16H23NO3/c1-19-14-8-12(9-15(10-14)20-2)11-17-16(18)13-6-4-3-5-7-13/h8-10,13H,3-7,11H2,1-2H3,(H,17,18). The van der Waals surface area contributed by atoms with E-state index in [2.05, 4.69) is 5.32 Å². The van der Waals surface area contributed by atoms with E-state index in [1.165, 1.54) is 19.3 Å². The van der Waals surface area contributed by atoms with E-state index in [9.17, 15) is 4.79 Å². The van der Waals surface area contributed by atoms with Crippen molar-refractivity contribution in [2.75, 3.05) is 14.2 Å². The monoisotopic (exact) mass is 277 g/mol. The molecule has 0 spiro atoms. The Morgan fingerprint density at radius 2 is 1.70 bits per heavy atom. The Kier molecular flexibility index (Phi) is 5.27. The second-order valence-corrected chi connectivity index (χ2v) is 5.27. The number of amides is 1. The molecule has 0 bridgehead atoms. The maximum Gasteiger partial charge on any atom is 0.223 e. The first-order valence-corrected chi connectivity index (χ1v) is 7.22. The molecule has 1 aliphatic carbocycles. The van der Waals surface area contributed by atoms with E-state index in [4.69, 9.17) is 9.47 Å². The van der Waals surface area contributed by atoms with Gasteiger partial charge in [-0.3, -0.25) is 4.79 Å². The topological polar surface area (TPSA) is 47.6 Å². The number of carbonyl (C=O) groups excluding carboxylic acids is 1. The Balaban J connectivity index is 1.94. The molecule has 4 heteroatoms. The fraction of sp³-hybridized carbons (Fsp3) is 0.562. The lowest BCUT2D eigenvalue weighted by molar-refractivity contribution is -0.126. The van der Waals surface area contributed by atoms with Crippen molar-refractivity contribution < 1.29 is 14.3 Å². The van der Waals surface area contributed by atoms with Gasteiger partial charge in [-0.25, -0.2) is 0 Å². The first-order valence-electron chi connectivity index (χ1n) is 7.22. The van der Waals surface area contributed by atoms with Gasteiger partial charge >= 0.3 is 0 Å². The molecule has 4 nitrogen and oxygen atoms in total. The third kappa shape index (κ3) is 3.89. The van der Waals surface area contributed by atoms with Gasteiger partial charge < -0.3 is 14.8 Å². The first-order chi connectivity index (χ1) is 9.72. The van der Waals surface area contributed by atoms with Crippen molar-refractivity contribution in [1.82, 2.24) is 5.32 Å². The van der Waals surface area contributed by atoms with Crippen LogP contribution in [0.3, 0.4) is 0 Å². The Hall–Kier alpha value is -1.71. The minimum atomic E-state index is 0.173. The largest absolute Gasteiger partial charge is 0.497 e. The molecule has 0 aliphatic heterocycles. The predicted molar refractivity (Wildman–Crippen MR) is 78.0 cm³/mol. The van der Waals surface area contributed by atoms with E-state index in [0.29, 0.717) is 6.54 Å². The molecule has 1 amide bonds. The van der Waals surface area contributed by atoms with Gasteiger partial charge in [-0.05, 0) is 30.5 Å². The second kappa shape index (κ2) is 7.17. The van der Waals surface area contributed by atoms with Gasteiger partial charge in [0, 0.05) is 18.5 Å². The van der Waals surface area contributed by atoms with Crippen LogP contribution in [-0.4, -0.2) is 20.1 Å². The molecule has 1 fully saturated rings. The molecule has 1 aromatic rings. The number of ether oxygens (including phenoxy) is 2. The molecule has 110 valence electrons. The highest BCUT2D eigenvalue weighted by Crippen LogP contribution is 2.25. The molecule has 1 aliphatic rings. The maximum atomic E-state index is 12.1. The van der Waals surface area contributed by atoms with Gasteiger partial charge in [0.2, 0.25) is 5.91 Å². The summed E-state index contributed by atoms with van der Waals surface area (Å²) in [4.78, 5) is 12.1. The van der Waals surface area contributed by atoms with Crippen LogP contribution in [0.25, 0.3) is 0 Å². The van der Waals surface area contributed by atoms with Crippen LogP contribution in [0.15, 0.2) is 18.2 Å². The molecule has 0 saturated heterocycles. The molecule has 1 N–H and O–H groups in total. The van der Waals surface area contributed by atoms with Crippen molar-refractivity contribution in [3.8, 4) is 11.5 Å². The summed E-state index contributed by atoms with van der Waals surface area (Å²) >= 11 is 0. The molecule has 0 aromatic heterocycles.